The van der Waals surface area contributed by atoms with Crippen molar-refractivity contribution in [1.82, 2.24) is 5.32 Å². The minimum absolute atomic E-state index is 0.277. The maximum Gasteiger partial charge on any atom is 0.0564 e. The maximum absolute atomic E-state index is 9.25. The highest BCUT2D eigenvalue weighted by Gasteiger charge is 2.23. The first-order chi connectivity index (χ1) is 7.71. The highest BCUT2D eigenvalue weighted by atomic mass is 32.2. The molecule has 1 aliphatic rings. The van der Waals surface area contributed by atoms with Gasteiger partial charge in [-0.05, 0) is 44.8 Å². The lowest BCUT2D eigenvalue weighted by Crippen LogP contribution is -2.45. The number of hydrogen-bond acceptors (Lipinski definition) is 3. The number of thioether (sulfide) groups is 1. The van der Waals surface area contributed by atoms with Gasteiger partial charge >= 0.3 is 0 Å². The first-order valence-corrected chi connectivity index (χ1v) is 7.89. The van der Waals surface area contributed by atoms with Gasteiger partial charge in [-0.15, -0.1) is 0 Å². The fourth-order valence-electron chi connectivity index (χ4n) is 2.65. The van der Waals surface area contributed by atoms with Gasteiger partial charge in [0.05, 0.1) is 6.61 Å². The average Bonchev–Trinajstić information content (AvgIpc) is 2.31. The van der Waals surface area contributed by atoms with E-state index < -0.39 is 0 Å². The van der Waals surface area contributed by atoms with E-state index in [1.54, 1.807) is 11.8 Å². The normalized spacial score (nSPS) is 30.0. The van der Waals surface area contributed by atoms with Crippen LogP contribution in [0.4, 0.5) is 0 Å². The van der Waals surface area contributed by atoms with Gasteiger partial charge in [0, 0.05) is 17.3 Å². The third-order valence-electron chi connectivity index (χ3n) is 3.96. The Labute approximate surface area is 105 Å². The van der Waals surface area contributed by atoms with E-state index in [0.29, 0.717) is 17.3 Å². The van der Waals surface area contributed by atoms with Gasteiger partial charge in [0.15, 0.2) is 0 Å². The second kappa shape index (κ2) is 7.57. The van der Waals surface area contributed by atoms with Crippen LogP contribution in [0.2, 0.25) is 0 Å². The Balaban J connectivity index is 2.27. The smallest absolute Gasteiger partial charge is 0.0564 e. The van der Waals surface area contributed by atoms with Crippen molar-refractivity contribution in [2.45, 2.75) is 63.3 Å². The molecule has 0 aliphatic heterocycles. The molecule has 0 bridgehead atoms. The van der Waals surface area contributed by atoms with Gasteiger partial charge < -0.3 is 10.4 Å². The summed E-state index contributed by atoms with van der Waals surface area (Å²) in [6, 6.07) is 1.10. The Hall–Kier alpha value is 0.270. The summed E-state index contributed by atoms with van der Waals surface area (Å²) in [5.41, 5.74) is 0. The van der Waals surface area contributed by atoms with Crippen LogP contribution < -0.4 is 5.32 Å². The quantitative estimate of drug-likeness (QED) is 0.754. The van der Waals surface area contributed by atoms with Crippen LogP contribution in [-0.2, 0) is 0 Å². The van der Waals surface area contributed by atoms with Crippen molar-refractivity contribution in [3.8, 4) is 0 Å². The Bertz CT molecular complexity index is 177. The molecular weight excluding hydrogens is 218 g/mol. The number of aliphatic hydroxyl groups is 1. The SMILES string of the molecule is CCC1CCC(NC(C)C(CO)SC)CC1. The number of rotatable bonds is 6. The molecule has 0 amide bonds. The van der Waals surface area contributed by atoms with Gasteiger partial charge in [0.25, 0.3) is 0 Å². The third kappa shape index (κ3) is 4.27. The summed E-state index contributed by atoms with van der Waals surface area (Å²) in [6.45, 7) is 4.78. The van der Waals surface area contributed by atoms with E-state index in [1.165, 1.54) is 32.1 Å². The number of aliphatic hydroxyl groups excluding tert-OH is 1. The standard InChI is InChI=1S/C13H27NOS/c1-4-11-5-7-12(8-6-11)14-10(2)13(9-15)16-3/h10-15H,4-9H2,1-3H3. The van der Waals surface area contributed by atoms with Crippen molar-refractivity contribution in [3.63, 3.8) is 0 Å². The van der Waals surface area contributed by atoms with Crippen LogP contribution in [0.5, 0.6) is 0 Å². The molecule has 1 saturated carbocycles. The third-order valence-corrected chi connectivity index (χ3v) is 5.13. The van der Waals surface area contributed by atoms with Gasteiger partial charge in [-0.2, -0.15) is 11.8 Å². The van der Waals surface area contributed by atoms with Crippen molar-refractivity contribution in [1.29, 1.82) is 0 Å². The fourth-order valence-corrected chi connectivity index (χ4v) is 3.29. The Kier molecular flexibility index (Phi) is 6.78. The molecule has 96 valence electrons. The largest absolute Gasteiger partial charge is 0.395 e. The molecule has 3 heteroatoms. The molecular formula is C13H27NOS. The van der Waals surface area contributed by atoms with E-state index >= 15 is 0 Å². The van der Waals surface area contributed by atoms with Gasteiger partial charge in [-0.25, -0.2) is 0 Å². The molecule has 0 aromatic rings. The van der Waals surface area contributed by atoms with Crippen LogP contribution in [0.25, 0.3) is 0 Å². The zero-order chi connectivity index (χ0) is 12.0. The lowest BCUT2D eigenvalue weighted by Gasteiger charge is -2.32. The average molecular weight is 245 g/mol. The van der Waals surface area contributed by atoms with Gasteiger partial charge in [-0.3, -0.25) is 0 Å². The fraction of sp³-hybridized carbons (Fsp3) is 1.00. The summed E-state index contributed by atoms with van der Waals surface area (Å²) in [5, 5.41) is 13.3. The van der Waals surface area contributed by atoms with E-state index in [1.807, 2.05) is 0 Å². The van der Waals surface area contributed by atoms with E-state index in [0.717, 1.165) is 5.92 Å². The van der Waals surface area contributed by atoms with Crippen LogP contribution in [0.1, 0.15) is 46.0 Å². The molecule has 0 heterocycles. The highest BCUT2D eigenvalue weighted by molar-refractivity contribution is 7.99. The van der Waals surface area contributed by atoms with Crippen LogP contribution in [0.3, 0.4) is 0 Å². The lowest BCUT2D eigenvalue weighted by atomic mass is 9.84. The van der Waals surface area contributed by atoms with Crippen molar-refractivity contribution < 1.29 is 5.11 Å². The zero-order valence-electron chi connectivity index (χ0n) is 10.9. The molecule has 0 spiro atoms. The summed E-state index contributed by atoms with van der Waals surface area (Å²) in [7, 11) is 0. The molecule has 2 unspecified atom stereocenters. The molecule has 2 nitrogen and oxygen atoms in total. The van der Waals surface area contributed by atoms with Crippen LogP contribution in [0.15, 0.2) is 0 Å². The van der Waals surface area contributed by atoms with Crippen molar-refractivity contribution in [2.75, 3.05) is 12.9 Å². The summed E-state index contributed by atoms with van der Waals surface area (Å²) in [6.07, 6.45) is 8.80. The monoisotopic (exact) mass is 245 g/mol. The van der Waals surface area contributed by atoms with Gasteiger partial charge in [0.1, 0.15) is 0 Å². The summed E-state index contributed by atoms with van der Waals surface area (Å²) >= 11 is 1.76. The van der Waals surface area contributed by atoms with E-state index in [9.17, 15) is 5.11 Å². The van der Waals surface area contributed by atoms with E-state index in [-0.39, 0.29) is 6.61 Å². The summed E-state index contributed by atoms with van der Waals surface area (Å²) in [4.78, 5) is 0. The van der Waals surface area contributed by atoms with Crippen LogP contribution >= 0.6 is 11.8 Å². The van der Waals surface area contributed by atoms with Crippen molar-refractivity contribution in [3.05, 3.63) is 0 Å². The lowest BCUT2D eigenvalue weighted by molar-refractivity contribution is 0.242. The van der Waals surface area contributed by atoms with Crippen LogP contribution in [0, 0.1) is 5.92 Å². The molecule has 2 atom stereocenters. The molecule has 0 aromatic carbocycles. The number of hydrogen-bond donors (Lipinski definition) is 2. The Morgan fingerprint density at radius 3 is 2.38 bits per heavy atom. The van der Waals surface area contributed by atoms with E-state index in [2.05, 4.69) is 25.4 Å². The predicted molar refractivity (Wildman–Crippen MR) is 73.0 cm³/mol. The molecule has 0 saturated heterocycles. The Morgan fingerprint density at radius 1 is 1.31 bits per heavy atom. The topological polar surface area (TPSA) is 32.3 Å². The first-order valence-electron chi connectivity index (χ1n) is 6.60. The predicted octanol–water partition coefficient (Wildman–Crippen LogP) is 2.66. The molecule has 0 aromatic heterocycles. The molecule has 1 fully saturated rings. The second-order valence-corrected chi connectivity index (χ2v) is 6.11. The zero-order valence-corrected chi connectivity index (χ0v) is 11.7. The van der Waals surface area contributed by atoms with Crippen LogP contribution in [-0.4, -0.2) is 35.3 Å². The molecule has 0 radical (unpaired) electrons. The van der Waals surface area contributed by atoms with Gasteiger partial charge in [0.2, 0.25) is 0 Å². The van der Waals surface area contributed by atoms with Gasteiger partial charge in [-0.1, -0.05) is 13.3 Å². The molecule has 1 rings (SSSR count). The Morgan fingerprint density at radius 2 is 1.94 bits per heavy atom. The van der Waals surface area contributed by atoms with Crippen molar-refractivity contribution in [2.24, 2.45) is 5.92 Å². The minimum Gasteiger partial charge on any atom is -0.395 e. The van der Waals surface area contributed by atoms with Crippen molar-refractivity contribution >= 4 is 11.8 Å². The number of nitrogens with one attached hydrogen (secondary N) is 1. The molecule has 16 heavy (non-hydrogen) atoms. The first kappa shape index (κ1) is 14.3. The summed E-state index contributed by atoms with van der Waals surface area (Å²) in [5.74, 6) is 0.961. The molecule has 2 N–H and O–H groups in total. The summed E-state index contributed by atoms with van der Waals surface area (Å²) < 4.78 is 0. The maximum atomic E-state index is 9.25. The minimum atomic E-state index is 0.277. The molecule has 1 aliphatic carbocycles. The van der Waals surface area contributed by atoms with E-state index in [4.69, 9.17) is 0 Å². The highest BCUT2D eigenvalue weighted by Crippen LogP contribution is 2.27. The second-order valence-electron chi connectivity index (χ2n) is 5.04.